The van der Waals surface area contributed by atoms with Crippen molar-refractivity contribution >= 4 is 28.8 Å². The maximum Gasteiger partial charge on any atom is 0.428 e. The first-order chi connectivity index (χ1) is 5.52. The van der Waals surface area contributed by atoms with E-state index in [4.69, 9.17) is 16.7 Å². The number of amides is 2. The highest BCUT2D eigenvalue weighted by molar-refractivity contribution is 6.61. The van der Waals surface area contributed by atoms with Crippen LogP contribution in [0, 0.1) is 0 Å². The molecule has 1 heterocycles. The molecule has 0 aromatic rings. The van der Waals surface area contributed by atoms with E-state index in [-0.39, 0.29) is 11.5 Å². The van der Waals surface area contributed by atoms with Crippen molar-refractivity contribution in [3.63, 3.8) is 0 Å². The van der Waals surface area contributed by atoms with Gasteiger partial charge in [0, 0.05) is 11.6 Å². The van der Waals surface area contributed by atoms with Crippen LogP contribution in [0.1, 0.15) is 6.42 Å². The Morgan fingerprint density at radius 3 is 2.58 bits per heavy atom. The Bertz CT molecular complexity index is 252. The molecule has 66 valence electrons. The number of hydrogen-bond acceptors (Lipinski definition) is 5. The normalized spacial score (nSPS) is 23.2. The molecule has 0 aromatic carbocycles. The van der Waals surface area contributed by atoms with Gasteiger partial charge in [-0.1, -0.05) is 5.06 Å². The number of imide groups is 1. The van der Waals surface area contributed by atoms with Gasteiger partial charge < -0.3 is 9.94 Å². The lowest BCUT2D eigenvalue weighted by molar-refractivity contribution is -0.171. The van der Waals surface area contributed by atoms with E-state index >= 15 is 0 Å². The molecule has 2 amide bonds. The standard InChI is InChI=1S/C5H4ClNO5/c6-5(11)12-7-3(9)1-2(8)4(7)10/h2,8H,1H2. The summed E-state index contributed by atoms with van der Waals surface area (Å²) in [6, 6.07) is 0. The predicted octanol–water partition coefficient (Wildman–Crippen LogP) is -0.603. The largest absolute Gasteiger partial charge is 0.428 e. The highest BCUT2D eigenvalue weighted by atomic mass is 35.5. The molecule has 1 saturated heterocycles. The summed E-state index contributed by atoms with van der Waals surface area (Å²) in [4.78, 5) is 35.6. The van der Waals surface area contributed by atoms with E-state index in [1.807, 2.05) is 0 Å². The molecule has 1 atom stereocenters. The zero-order valence-electron chi connectivity index (χ0n) is 5.69. The molecule has 1 unspecified atom stereocenters. The molecule has 0 aromatic heterocycles. The van der Waals surface area contributed by atoms with Gasteiger partial charge in [-0.25, -0.2) is 4.79 Å². The second-order valence-electron chi connectivity index (χ2n) is 2.08. The molecule has 12 heavy (non-hydrogen) atoms. The minimum Gasteiger partial charge on any atom is -0.383 e. The van der Waals surface area contributed by atoms with Crippen LogP contribution >= 0.6 is 11.6 Å². The Morgan fingerprint density at radius 2 is 2.25 bits per heavy atom. The summed E-state index contributed by atoms with van der Waals surface area (Å²) in [7, 11) is 0. The zero-order valence-corrected chi connectivity index (χ0v) is 6.45. The van der Waals surface area contributed by atoms with Gasteiger partial charge in [-0.3, -0.25) is 9.59 Å². The Balaban J connectivity index is 2.70. The summed E-state index contributed by atoms with van der Waals surface area (Å²) in [5.41, 5.74) is -1.30. The monoisotopic (exact) mass is 193 g/mol. The van der Waals surface area contributed by atoms with Crippen LogP contribution in [0.5, 0.6) is 0 Å². The van der Waals surface area contributed by atoms with Crippen molar-refractivity contribution in [3.8, 4) is 0 Å². The lowest BCUT2D eigenvalue weighted by atomic mass is 10.3. The molecular weight excluding hydrogens is 190 g/mol. The molecule has 0 bridgehead atoms. The number of aliphatic hydroxyl groups excluding tert-OH is 1. The molecule has 0 aliphatic carbocycles. The fraction of sp³-hybridized carbons (Fsp3) is 0.400. The van der Waals surface area contributed by atoms with Crippen LogP contribution < -0.4 is 0 Å². The Morgan fingerprint density at radius 1 is 1.67 bits per heavy atom. The van der Waals surface area contributed by atoms with Crippen LogP contribution in [0.15, 0.2) is 0 Å². The van der Waals surface area contributed by atoms with Gasteiger partial charge in [0.15, 0.2) is 0 Å². The molecule has 0 spiro atoms. The lowest BCUT2D eigenvalue weighted by Gasteiger charge is -2.08. The maximum absolute atomic E-state index is 10.8. The minimum atomic E-state index is -1.44. The summed E-state index contributed by atoms with van der Waals surface area (Å²) in [5.74, 6) is -1.77. The molecule has 1 N–H and O–H groups in total. The Labute approximate surface area is 71.6 Å². The fourth-order valence-electron chi connectivity index (χ4n) is 0.762. The number of nitrogens with zero attached hydrogens (tertiary/aromatic N) is 1. The summed E-state index contributed by atoms with van der Waals surface area (Å²) in [6.45, 7) is 0. The number of carbonyl (C=O) groups excluding carboxylic acids is 3. The van der Waals surface area contributed by atoms with Gasteiger partial charge in [0.2, 0.25) is 0 Å². The number of carbonyl (C=O) groups is 3. The van der Waals surface area contributed by atoms with Gasteiger partial charge in [-0.05, 0) is 0 Å². The second kappa shape index (κ2) is 3.08. The summed E-state index contributed by atoms with van der Waals surface area (Å²) < 4.78 is 0. The quantitative estimate of drug-likeness (QED) is 0.444. The van der Waals surface area contributed by atoms with Crippen LogP contribution in [-0.4, -0.2) is 33.5 Å². The van der Waals surface area contributed by atoms with E-state index < -0.39 is 23.3 Å². The van der Waals surface area contributed by atoms with Crippen molar-refractivity contribution in [2.75, 3.05) is 0 Å². The summed E-state index contributed by atoms with van der Waals surface area (Å²) in [5, 5.41) is 8.96. The molecule has 0 saturated carbocycles. The van der Waals surface area contributed by atoms with Crippen LogP contribution in [0.4, 0.5) is 4.79 Å². The average Bonchev–Trinajstić information content (AvgIpc) is 2.16. The molecule has 6 nitrogen and oxygen atoms in total. The van der Waals surface area contributed by atoms with Crippen molar-refractivity contribution in [2.24, 2.45) is 0 Å². The van der Waals surface area contributed by atoms with Gasteiger partial charge in [-0.2, -0.15) is 0 Å². The number of hydroxylamine groups is 2. The highest BCUT2D eigenvalue weighted by Gasteiger charge is 2.40. The van der Waals surface area contributed by atoms with Crippen LogP contribution in [0.3, 0.4) is 0 Å². The van der Waals surface area contributed by atoms with E-state index in [0.717, 1.165) is 0 Å². The van der Waals surface area contributed by atoms with Crippen LogP contribution in [0.25, 0.3) is 0 Å². The second-order valence-corrected chi connectivity index (χ2v) is 2.38. The summed E-state index contributed by atoms with van der Waals surface area (Å²) in [6.07, 6.45) is -1.82. The Hall–Kier alpha value is -1.14. The van der Waals surface area contributed by atoms with Gasteiger partial charge in [0.25, 0.3) is 11.8 Å². The zero-order chi connectivity index (χ0) is 9.30. The molecule has 7 heteroatoms. The third-order valence-corrected chi connectivity index (χ3v) is 1.31. The maximum atomic E-state index is 10.8. The first kappa shape index (κ1) is 8.95. The molecule has 1 rings (SSSR count). The molecule has 1 aliphatic heterocycles. The minimum absolute atomic E-state index is 0.153. The lowest BCUT2D eigenvalue weighted by Crippen LogP contribution is -2.32. The van der Waals surface area contributed by atoms with Crippen molar-refractivity contribution in [2.45, 2.75) is 12.5 Å². The van der Waals surface area contributed by atoms with E-state index in [2.05, 4.69) is 4.84 Å². The van der Waals surface area contributed by atoms with Gasteiger partial charge in [0.1, 0.15) is 6.10 Å². The third-order valence-electron chi connectivity index (χ3n) is 1.24. The number of aliphatic hydroxyl groups is 1. The van der Waals surface area contributed by atoms with E-state index in [0.29, 0.717) is 0 Å². The van der Waals surface area contributed by atoms with Crippen molar-refractivity contribution in [1.82, 2.24) is 5.06 Å². The van der Waals surface area contributed by atoms with E-state index in [1.165, 1.54) is 0 Å². The van der Waals surface area contributed by atoms with E-state index in [9.17, 15) is 14.4 Å². The highest BCUT2D eigenvalue weighted by Crippen LogP contribution is 2.13. The predicted molar refractivity (Wildman–Crippen MR) is 34.8 cm³/mol. The molecule has 0 radical (unpaired) electrons. The van der Waals surface area contributed by atoms with Crippen LogP contribution in [0.2, 0.25) is 0 Å². The molecular formula is C5H4ClNO5. The third kappa shape index (κ3) is 1.54. The SMILES string of the molecule is O=C(Cl)ON1C(=O)CC(O)C1=O. The number of rotatable bonds is 1. The first-order valence-corrected chi connectivity index (χ1v) is 3.32. The molecule has 1 aliphatic rings. The number of halogens is 1. The number of hydrogen-bond donors (Lipinski definition) is 1. The van der Waals surface area contributed by atoms with Gasteiger partial charge in [-0.15, -0.1) is 0 Å². The van der Waals surface area contributed by atoms with Crippen molar-refractivity contribution in [1.29, 1.82) is 0 Å². The Kier molecular flexibility index (Phi) is 2.30. The molecule has 1 fully saturated rings. The van der Waals surface area contributed by atoms with Crippen molar-refractivity contribution < 1.29 is 24.3 Å². The first-order valence-electron chi connectivity index (χ1n) is 2.94. The van der Waals surface area contributed by atoms with Crippen molar-refractivity contribution in [3.05, 3.63) is 0 Å². The fourth-order valence-corrected chi connectivity index (χ4v) is 0.831. The van der Waals surface area contributed by atoms with Gasteiger partial charge >= 0.3 is 5.43 Å². The van der Waals surface area contributed by atoms with Crippen LogP contribution in [-0.2, 0) is 14.4 Å². The topological polar surface area (TPSA) is 83.9 Å². The smallest absolute Gasteiger partial charge is 0.383 e. The van der Waals surface area contributed by atoms with Gasteiger partial charge in [0.05, 0.1) is 6.42 Å². The summed E-state index contributed by atoms with van der Waals surface area (Å²) >= 11 is 4.75. The average molecular weight is 194 g/mol. The van der Waals surface area contributed by atoms with E-state index in [1.54, 1.807) is 0 Å².